The van der Waals surface area contributed by atoms with E-state index in [9.17, 15) is 25.9 Å². The smallest absolute Gasteiger partial charge is 0.744 e. The summed E-state index contributed by atoms with van der Waals surface area (Å²) in [7, 11) is -10.3. The van der Waals surface area contributed by atoms with Crippen molar-refractivity contribution < 1.29 is 85.1 Å². The maximum absolute atomic E-state index is 12.8. The summed E-state index contributed by atoms with van der Waals surface area (Å²) in [6.07, 6.45) is 5.80. The fraction of sp³-hybridized carbons (Fsp3) is 0.0455. The van der Waals surface area contributed by atoms with Gasteiger partial charge in [-0.25, -0.2) is 27.7 Å². The third kappa shape index (κ3) is 12.9. The summed E-state index contributed by atoms with van der Waals surface area (Å²) in [6, 6.07) is 44.8. The van der Waals surface area contributed by atoms with Gasteiger partial charge in [0.1, 0.15) is 20.2 Å². The minimum Gasteiger partial charge on any atom is -0.744 e. The first-order valence-corrected chi connectivity index (χ1v) is 22.2. The molecule has 2 aliphatic heterocycles. The molecule has 324 valence electrons. The molecule has 0 radical (unpaired) electrons. The molecule has 0 amide bonds. The molecule has 0 fully saturated rings. The van der Waals surface area contributed by atoms with Gasteiger partial charge in [0.2, 0.25) is 11.6 Å². The van der Waals surface area contributed by atoms with Crippen molar-refractivity contribution in [2.45, 2.75) is 21.4 Å². The summed E-state index contributed by atoms with van der Waals surface area (Å²) in [4.78, 5) is -1.26. The molecule has 0 bridgehead atoms. The van der Waals surface area contributed by atoms with Crippen LogP contribution in [0.15, 0.2) is 212 Å². The van der Waals surface area contributed by atoms with Crippen LogP contribution in [0.1, 0.15) is 11.1 Å². The Morgan fingerprint density at radius 1 is 0.439 bits per heavy atom. The summed E-state index contributed by atoms with van der Waals surface area (Å²) in [5.41, 5.74) is 8.79. The zero-order valence-electron chi connectivity index (χ0n) is 35.4. The number of nitrogens with one attached hydrogen (secondary N) is 8. The van der Waals surface area contributed by atoms with Gasteiger partial charge >= 0.3 is 59.1 Å². The van der Waals surface area contributed by atoms with Gasteiger partial charge in [-0.3, -0.25) is 0 Å². The van der Waals surface area contributed by atoms with Crippen molar-refractivity contribution in [1.82, 2.24) is 10.9 Å². The molecule has 0 saturated carbocycles. The van der Waals surface area contributed by atoms with Crippen LogP contribution in [-0.4, -0.2) is 37.5 Å². The van der Waals surface area contributed by atoms with E-state index < -0.39 is 41.6 Å². The van der Waals surface area contributed by atoms with Crippen LogP contribution in [0.5, 0.6) is 0 Å². The van der Waals surface area contributed by atoms with Crippen molar-refractivity contribution in [3.8, 4) is 0 Å². The third-order valence-corrected chi connectivity index (χ3v) is 11.3. The number of hydrogen-bond donors (Lipinski definition) is 8. The summed E-state index contributed by atoms with van der Waals surface area (Å²) in [5.74, 6) is -2.13. The van der Waals surface area contributed by atoms with Crippen molar-refractivity contribution in [1.29, 1.82) is 0 Å². The summed E-state index contributed by atoms with van der Waals surface area (Å²) >= 11 is 0. The second kappa shape index (κ2) is 21.5. The molecule has 8 rings (SSSR count). The Kier molecular flexibility index (Phi) is 16.1. The Balaban J connectivity index is 0.00000360. The van der Waals surface area contributed by atoms with Gasteiger partial charge in [-0.05, 0) is 83.9 Å². The average molecular weight is 941 g/mol. The molecule has 8 N–H and O–H groups in total. The predicted octanol–water partition coefficient (Wildman–Crippen LogP) is 1.88. The molecule has 2 unspecified atom stereocenters. The van der Waals surface area contributed by atoms with Crippen LogP contribution >= 0.6 is 0 Å². The van der Waals surface area contributed by atoms with E-state index in [2.05, 4.69) is 63.4 Å². The normalized spacial score (nSPS) is 17.6. The van der Waals surface area contributed by atoms with Gasteiger partial charge in [-0.2, -0.15) is 0 Å². The first-order chi connectivity index (χ1) is 30.8. The molecular formula is C44H38N12Na2O6S2. The Morgan fingerprint density at radius 3 is 1.09 bits per heavy atom. The average Bonchev–Trinajstić information content (AvgIpc) is 3.27. The van der Waals surface area contributed by atoms with Gasteiger partial charge in [-0.1, -0.05) is 108 Å². The van der Waals surface area contributed by atoms with Gasteiger partial charge in [0.15, 0.2) is 11.6 Å². The first kappa shape index (κ1) is 49.4. The van der Waals surface area contributed by atoms with E-state index in [1.54, 1.807) is 12.2 Å². The second-order valence-corrected chi connectivity index (χ2v) is 17.0. The SMILES string of the molecule is O=S(=O)([O-])c1cc(NC2(Nc3ccccc3)C=C(Nc3ccccc3)N=NN2)ccc1C=Cc1ccc(NC2(Nc3ccccc3)C=C(Nc3ccccc3)N=NN2)cc1S(=O)(=O)[O-].[Na+].[Na+]. The maximum Gasteiger partial charge on any atom is 1.00 e. The van der Waals surface area contributed by atoms with E-state index in [-0.39, 0.29) is 81.6 Å². The summed E-state index contributed by atoms with van der Waals surface area (Å²) in [5, 5.41) is 35.9. The van der Waals surface area contributed by atoms with Gasteiger partial charge in [0, 0.05) is 46.3 Å². The topological polar surface area (TPSA) is 260 Å². The third-order valence-electron chi connectivity index (χ3n) is 9.49. The minimum absolute atomic E-state index is 0. The molecule has 18 nitrogen and oxygen atoms in total. The van der Waals surface area contributed by atoms with Crippen molar-refractivity contribution in [3.63, 3.8) is 0 Å². The van der Waals surface area contributed by atoms with Crippen LogP contribution < -0.4 is 102 Å². The number of para-hydroxylation sites is 4. The molecule has 2 aliphatic rings. The standard InChI is InChI=1S/C44H40N12O6S2.2Na/c57-63(58,59)39-27-37(49-43(47-35-17-9-3-10-18-35)29-41(51-55-53-43)45-33-13-5-1-6-14-33)25-23-31(39)21-22-32-24-26-38(28-40(32)64(60,61)62)50-44(48-36-19-11-4-12-20-36)30-42(52-56-54-44)46-34-15-7-2-8-16-34;;/h1-30,45-50H,(H,51,53)(H,52,54)(H,57,58,59)(H,60,61,62);;/q;2*+1/p-2. The fourth-order valence-electron chi connectivity index (χ4n) is 6.69. The fourth-order valence-corrected chi connectivity index (χ4v) is 8.09. The Bertz CT molecular complexity index is 2820. The van der Waals surface area contributed by atoms with Crippen molar-refractivity contribution in [2.24, 2.45) is 20.7 Å². The van der Waals surface area contributed by atoms with Crippen LogP contribution in [0.3, 0.4) is 0 Å². The van der Waals surface area contributed by atoms with Crippen molar-refractivity contribution >= 4 is 66.5 Å². The largest absolute Gasteiger partial charge is 1.00 e. The molecule has 0 aromatic heterocycles. The molecule has 66 heavy (non-hydrogen) atoms. The zero-order chi connectivity index (χ0) is 44.6. The zero-order valence-corrected chi connectivity index (χ0v) is 41.0. The minimum atomic E-state index is -5.13. The first-order valence-electron chi connectivity index (χ1n) is 19.4. The van der Waals surface area contributed by atoms with Crippen LogP contribution in [-0.2, 0) is 20.2 Å². The van der Waals surface area contributed by atoms with Crippen LogP contribution in [0.2, 0.25) is 0 Å². The molecule has 0 saturated heterocycles. The van der Waals surface area contributed by atoms with E-state index >= 15 is 0 Å². The molecule has 6 aromatic carbocycles. The summed E-state index contributed by atoms with van der Waals surface area (Å²) in [6.45, 7) is 0. The number of benzene rings is 6. The van der Waals surface area contributed by atoms with Gasteiger partial charge in [-0.15, -0.1) is 10.2 Å². The quantitative estimate of drug-likeness (QED) is 0.0299. The van der Waals surface area contributed by atoms with E-state index in [0.29, 0.717) is 23.0 Å². The van der Waals surface area contributed by atoms with Crippen molar-refractivity contribution in [3.05, 3.63) is 193 Å². The van der Waals surface area contributed by atoms with Gasteiger partial charge in [0.25, 0.3) is 0 Å². The number of hydrogen-bond acceptors (Lipinski definition) is 18. The molecule has 6 aromatic rings. The number of nitrogens with zero attached hydrogens (tertiary/aromatic N) is 4. The Morgan fingerprint density at radius 2 is 0.758 bits per heavy atom. The van der Waals surface area contributed by atoms with E-state index in [0.717, 1.165) is 23.5 Å². The molecule has 0 aliphatic carbocycles. The second-order valence-electron chi connectivity index (χ2n) is 14.3. The molecule has 2 heterocycles. The maximum atomic E-state index is 12.8. The summed E-state index contributed by atoms with van der Waals surface area (Å²) < 4.78 is 76.7. The van der Waals surface area contributed by atoms with E-state index in [1.807, 2.05) is 121 Å². The monoisotopic (exact) mass is 940 g/mol. The van der Waals surface area contributed by atoms with Crippen LogP contribution in [0, 0.1) is 0 Å². The molecule has 22 heteroatoms. The van der Waals surface area contributed by atoms with Gasteiger partial charge in [0.05, 0.1) is 9.79 Å². The number of anilines is 6. The Hall–Kier alpha value is -6.04. The van der Waals surface area contributed by atoms with Gasteiger partial charge < -0.3 is 41.0 Å². The van der Waals surface area contributed by atoms with E-state index in [1.165, 1.54) is 36.4 Å². The molecule has 0 spiro atoms. The van der Waals surface area contributed by atoms with Crippen LogP contribution in [0.4, 0.5) is 34.1 Å². The molecule has 2 atom stereocenters. The molecular weight excluding hydrogens is 903 g/mol. The van der Waals surface area contributed by atoms with Crippen molar-refractivity contribution in [2.75, 3.05) is 31.9 Å². The van der Waals surface area contributed by atoms with Crippen LogP contribution in [0.25, 0.3) is 12.2 Å². The Labute approximate surface area is 425 Å². The van der Waals surface area contributed by atoms with E-state index in [4.69, 9.17) is 0 Å². The number of rotatable bonds is 16. The predicted molar refractivity (Wildman–Crippen MR) is 243 cm³/mol.